The predicted octanol–water partition coefficient (Wildman–Crippen LogP) is 2.57. The van der Waals surface area contributed by atoms with Gasteiger partial charge in [-0.1, -0.05) is 5.16 Å². The molecule has 20 heavy (non-hydrogen) atoms. The third-order valence-corrected chi connectivity index (χ3v) is 5.85. The summed E-state index contributed by atoms with van der Waals surface area (Å²) in [5, 5.41) is 4.07. The fourth-order valence-corrected chi connectivity index (χ4v) is 5.32. The molecule has 0 spiro atoms. The van der Waals surface area contributed by atoms with E-state index in [-0.39, 0.29) is 6.04 Å². The minimum Gasteiger partial charge on any atom is -0.339 e. The van der Waals surface area contributed by atoms with Crippen LogP contribution in [0.2, 0.25) is 0 Å². The Morgan fingerprint density at radius 2 is 1.80 bits per heavy atom. The van der Waals surface area contributed by atoms with Crippen LogP contribution in [0.5, 0.6) is 0 Å². The van der Waals surface area contributed by atoms with Gasteiger partial charge in [0.25, 0.3) is 0 Å². The Bertz CT molecular complexity index is 454. The monoisotopic (exact) mass is 275 g/mol. The Hall–Kier alpha value is -0.900. The highest BCUT2D eigenvalue weighted by Crippen LogP contribution is 2.57. The molecule has 0 aromatic carbocycles. The van der Waals surface area contributed by atoms with Gasteiger partial charge in [0, 0.05) is 18.9 Å². The minimum absolute atomic E-state index is 0.0987. The first-order valence-electron chi connectivity index (χ1n) is 8.24. The highest BCUT2D eigenvalue weighted by Gasteiger charge is 2.48. The number of aromatic nitrogens is 2. The normalized spacial score (nSPS) is 40.2. The van der Waals surface area contributed by atoms with Crippen LogP contribution in [-0.2, 0) is 12.8 Å². The molecule has 1 unspecified atom stereocenters. The number of nitrogens with zero attached hydrogens (tertiary/aromatic N) is 2. The molecular formula is C16H25N3O. The van der Waals surface area contributed by atoms with Crippen molar-refractivity contribution in [2.45, 2.75) is 57.9 Å². The van der Waals surface area contributed by atoms with Crippen molar-refractivity contribution in [2.75, 3.05) is 0 Å². The first kappa shape index (κ1) is 12.8. The van der Waals surface area contributed by atoms with E-state index in [4.69, 9.17) is 10.3 Å². The van der Waals surface area contributed by atoms with Gasteiger partial charge in [0.15, 0.2) is 5.82 Å². The second kappa shape index (κ2) is 4.83. The zero-order valence-electron chi connectivity index (χ0n) is 12.3. The van der Waals surface area contributed by atoms with Crippen LogP contribution in [0.3, 0.4) is 0 Å². The summed E-state index contributed by atoms with van der Waals surface area (Å²) in [7, 11) is 0. The topological polar surface area (TPSA) is 64.9 Å². The molecule has 1 atom stereocenters. The van der Waals surface area contributed by atoms with E-state index in [0.29, 0.717) is 6.42 Å². The maximum absolute atomic E-state index is 5.79. The summed E-state index contributed by atoms with van der Waals surface area (Å²) >= 11 is 0. The van der Waals surface area contributed by atoms with Crippen LogP contribution in [0, 0.1) is 29.6 Å². The highest BCUT2D eigenvalue weighted by atomic mass is 16.5. The maximum atomic E-state index is 5.79. The molecule has 0 radical (unpaired) electrons. The predicted molar refractivity (Wildman–Crippen MR) is 75.9 cm³/mol. The van der Waals surface area contributed by atoms with E-state index < -0.39 is 0 Å². The lowest BCUT2D eigenvalue weighted by Crippen LogP contribution is -2.45. The summed E-state index contributed by atoms with van der Waals surface area (Å²) in [6.07, 6.45) is 9.05. The Balaban J connectivity index is 1.45. The molecular weight excluding hydrogens is 250 g/mol. The molecule has 4 saturated carbocycles. The summed E-state index contributed by atoms with van der Waals surface area (Å²) in [5.74, 6) is 6.34. The van der Waals surface area contributed by atoms with Gasteiger partial charge in [-0.25, -0.2) is 0 Å². The van der Waals surface area contributed by atoms with Gasteiger partial charge in [0.2, 0.25) is 5.89 Å². The van der Waals surface area contributed by atoms with Crippen molar-refractivity contribution in [1.82, 2.24) is 10.1 Å². The van der Waals surface area contributed by atoms with Crippen LogP contribution in [0.4, 0.5) is 0 Å². The quantitative estimate of drug-likeness (QED) is 0.917. The van der Waals surface area contributed by atoms with E-state index in [1.165, 1.54) is 32.1 Å². The molecule has 4 nitrogen and oxygen atoms in total. The Kier molecular flexibility index (Phi) is 3.09. The van der Waals surface area contributed by atoms with E-state index in [2.05, 4.69) is 10.1 Å². The standard InChI is InChI=1S/C16H25N3O/c1-9(17)2-15-18-16(20-19-15)8-14-12-4-10-3-11(6-12)7-13(14)5-10/h9-14H,2-8,17H2,1H3. The summed E-state index contributed by atoms with van der Waals surface area (Å²) in [4.78, 5) is 4.54. The average Bonchev–Trinajstić information content (AvgIpc) is 2.79. The first-order valence-corrected chi connectivity index (χ1v) is 8.24. The van der Waals surface area contributed by atoms with Gasteiger partial charge in [-0.05, 0) is 68.6 Å². The summed E-state index contributed by atoms with van der Waals surface area (Å²) in [5.41, 5.74) is 5.79. The summed E-state index contributed by atoms with van der Waals surface area (Å²) < 4.78 is 5.45. The number of nitrogens with two attached hydrogens (primary N) is 1. The molecule has 110 valence electrons. The van der Waals surface area contributed by atoms with Crippen LogP contribution in [0.1, 0.15) is 50.7 Å². The number of rotatable bonds is 4. The fraction of sp³-hybridized carbons (Fsp3) is 0.875. The number of hydrogen-bond acceptors (Lipinski definition) is 4. The van der Waals surface area contributed by atoms with E-state index in [0.717, 1.165) is 47.7 Å². The average molecular weight is 275 g/mol. The lowest BCUT2D eigenvalue weighted by Gasteiger charge is -2.54. The van der Waals surface area contributed by atoms with Gasteiger partial charge in [0.1, 0.15) is 0 Å². The number of hydrogen-bond donors (Lipinski definition) is 1. The van der Waals surface area contributed by atoms with Gasteiger partial charge in [0.05, 0.1) is 0 Å². The molecule has 4 fully saturated rings. The molecule has 4 bridgehead atoms. The van der Waals surface area contributed by atoms with Crippen molar-refractivity contribution in [1.29, 1.82) is 0 Å². The van der Waals surface area contributed by atoms with E-state index >= 15 is 0 Å². The van der Waals surface area contributed by atoms with E-state index in [9.17, 15) is 0 Å². The lowest BCUT2D eigenvalue weighted by atomic mass is 9.51. The van der Waals surface area contributed by atoms with Gasteiger partial charge in [-0.3, -0.25) is 0 Å². The smallest absolute Gasteiger partial charge is 0.226 e. The summed E-state index contributed by atoms with van der Waals surface area (Å²) in [6.45, 7) is 1.98. The molecule has 4 aliphatic rings. The van der Waals surface area contributed by atoms with Crippen molar-refractivity contribution in [3.05, 3.63) is 11.7 Å². The van der Waals surface area contributed by atoms with Gasteiger partial charge < -0.3 is 10.3 Å². The van der Waals surface area contributed by atoms with Crippen LogP contribution in [0.15, 0.2) is 4.52 Å². The molecule has 5 rings (SSSR count). The minimum atomic E-state index is 0.0987. The van der Waals surface area contributed by atoms with E-state index in [1.807, 2.05) is 6.92 Å². The highest BCUT2D eigenvalue weighted by molar-refractivity contribution is 5.01. The second-order valence-corrected chi connectivity index (χ2v) is 7.58. The van der Waals surface area contributed by atoms with Gasteiger partial charge >= 0.3 is 0 Å². The molecule has 0 saturated heterocycles. The van der Waals surface area contributed by atoms with Crippen molar-refractivity contribution >= 4 is 0 Å². The zero-order chi connectivity index (χ0) is 13.7. The van der Waals surface area contributed by atoms with Crippen molar-refractivity contribution < 1.29 is 4.52 Å². The fourth-order valence-electron chi connectivity index (χ4n) is 5.32. The molecule has 2 N–H and O–H groups in total. The largest absolute Gasteiger partial charge is 0.339 e. The van der Waals surface area contributed by atoms with Gasteiger partial charge in [-0.2, -0.15) is 4.98 Å². The zero-order valence-corrected chi connectivity index (χ0v) is 12.3. The van der Waals surface area contributed by atoms with Crippen molar-refractivity contribution in [3.63, 3.8) is 0 Å². The Morgan fingerprint density at radius 1 is 1.15 bits per heavy atom. The van der Waals surface area contributed by atoms with Gasteiger partial charge in [-0.15, -0.1) is 0 Å². The maximum Gasteiger partial charge on any atom is 0.226 e. The molecule has 1 aromatic heterocycles. The third kappa shape index (κ3) is 2.28. The van der Waals surface area contributed by atoms with E-state index in [1.54, 1.807) is 0 Å². The molecule has 1 aromatic rings. The van der Waals surface area contributed by atoms with Crippen LogP contribution < -0.4 is 5.73 Å². The molecule has 0 amide bonds. The van der Waals surface area contributed by atoms with Crippen molar-refractivity contribution in [3.8, 4) is 0 Å². The summed E-state index contributed by atoms with van der Waals surface area (Å²) in [6, 6.07) is 0.0987. The third-order valence-electron chi connectivity index (χ3n) is 5.85. The Morgan fingerprint density at radius 3 is 2.40 bits per heavy atom. The lowest BCUT2D eigenvalue weighted by molar-refractivity contribution is -0.0385. The van der Waals surface area contributed by atoms with Crippen LogP contribution in [0.25, 0.3) is 0 Å². The van der Waals surface area contributed by atoms with Crippen LogP contribution in [-0.4, -0.2) is 16.2 Å². The molecule has 1 heterocycles. The Labute approximate surface area is 120 Å². The SMILES string of the molecule is CC(N)Cc1noc(CC2C3CC4CC(C3)CC2C4)n1. The first-order chi connectivity index (χ1) is 9.67. The van der Waals surface area contributed by atoms with Crippen LogP contribution >= 0.6 is 0 Å². The molecule has 4 aliphatic carbocycles. The molecule has 4 heteroatoms. The van der Waals surface area contributed by atoms with Crippen molar-refractivity contribution in [2.24, 2.45) is 35.3 Å². The molecule has 0 aliphatic heterocycles. The second-order valence-electron chi connectivity index (χ2n) is 7.58.